The van der Waals surface area contributed by atoms with Crippen molar-refractivity contribution in [1.82, 2.24) is 14.9 Å². The van der Waals surface area contributed by atoms with E-state index >= 15 is 0 Å². The second-order valence-electron chi connectivity index (χ2n) is 8.92. The van der Waals surface area contributed by atoms with Crippen molar-refractivity contribution in [3.05, 3.63) is 77.9 Å². The Kier molecular flexibility index (Phi) is 7.18. The molecule has 1 N–H and O–H groups in total. The number of fused-ring (bicyclic) bond motifs is 1. The van der Waals surface area contributed by atoms with Crippen LogP contribution in [0.4, 0.5) is 4.79 Å². The van der Waals surface area contributed by atoms with Gasteiger partial charge in [-0.25, -0.2) is 14.7 Å². The van der Waals surface area contributed by atoms with Crippen LogP contribution in [0.5, 0.6) is 5.88 Å². The van der Waals surface area contributed by atoms with Crippen molar-refractivity contribution in [3.63, 3.8) is 0 Å². The minimum absolute atomic E-state index is 0.288. The summed E-state index contributed by atoms with van der Waals surface area (Å²) in [5, 5.41) is 10.6. The lowest BCUT2D eigenvalue weighted by Crippen LogP contribution is -2.28. The van der Waals surface area contributed by atoms with E-state index in [1.54, 1.807) is 19.4 Å². The summed E-state index contributed by atoms with van der Waals surface area (Å²) in [5.74, 6) is 1.42. The standard InChI is InChI=1S/C27H29N3O6/c1-33-24-11-10-22-26(29-24)19(12-13-28-22)8-5-9-20(31)14-21-15-30(27(32)35-21)25-17-34-16-23(36-25)18-6-3-2-4-7-18/h2-3,6,10-13,16-17,20-21,31H,4-5,7-9,14-15H2,1H3/t20-,21+/m0/s1. The number of hydrogen-bond donors (Lipinski definition) is 1. The van der Waals surface area contributed by atoms with E-state index in [0.717, 1.165) is 47.9 Å². The van der Waals surface area contributed by atoms with Gasteiger partial charge in [-0.15, -0.1) is 0 Å². The molecule has 3 aliphatic rings. The summed E-state index contributed by atoms with van der Waals surface area (Å²) in [6.45, 7) is 0.288. The highest BCUT2D eigenvalue weighted by Crippen LogP contribution is 2.30. The molecule has 0 saturated carbocycles. The fraction of sp³-hybridized carbons (Fsp3) is 0.370. The van der Waals surface area contributed by atoms with Gasteiger partial charge in [-0.2, -0.15) is 0 Å². The summed E-state index contributed by atoms with van der Waals surface area (Å²) in [6, 6.07) is 5.62. The molecule has 1 amide bonds. The van der Waals surface area contributed by atoms with Gasteiger partial charge in [0.2, 0.25) is 11.8 Å². The summed E-state index contributed by atoms with van der Waals surface area (Å²) >= 11 is 0. The quantitative estimate of drug-likeness (QED) is 0.547. The average Bonchev–Trinajstić information content (AvgIpc) is 3.28. The van der Waals surface area contributed by atoms with Gasteiger partial charge in [-0.05, 0) is 55.4 Å². The number of cyclic esters (lactones) is 1. The average molecular weight is 492 g/mol. The predicted octanol–water partition coefficient (Wildman–Crippen LogP) is 4.50. The molecule has 1 fully saturated rings. The lowest BCUT2D eigenvalue weighted by Gasteiger charge is -2.23. The summed E-state index contributed by atoms with van der Waals surface area (Å²) in [5.41, 5.74) is 3.68. The molecule has 4 heterocycles. The Bertz CT molecular complexity index is 1250. The molecule has 0 spiro atoms. The van der Waals surface area contributed by atoms with E-state index in [4.69, 9.17) is 18.9 Å². The number of nitrogens with zero attached hydrogens (tertiary/aromatic N) is 3. The van der Waals surface area contributed by atoms with Crippen LogP contribution >= 0.6 is 0 Å². The number of rotatable bonds is 9. The number of carbonyl (C=O) groups is 1. The summed E-state index contributed by atoms with van der Waals surface area (Å²) in [6.07, 6.45) is 13.4. The van der Waals surface area contributed by atoms with Crippen LogP contribution in [-0.2, 0) is 20.6 Å². The summed E-state index contributed by atoms with van der Waals surface area (Å²) < 4.78 is 22.1. The zero-order valence-electron chi connectivity index (χ0n) is 20.1. The zero-order valence-corrected chi connectivity index (χ0v) is 20.1. The summed E-state index contributed by atoms with van der Waals surface area (Å²) in [7, 11) is 1.59. The molecule has 0 aromatic carbocycles. The molecule has 2 aromatic heterocycles. The first-order chi connectivity index (χ1) is 17.6. The SMILES string of the molecule is COc1ccc2nccc(CCC[C@H](O)C[C@@H]3CN(C4=COC=C(C5=CC=CCC5)O4)C(=O)O3)c2n1. The molecule has 9 heteroatoms. The highest BCUT2D eigenvalue weighted by Gasteiger charge is 2.37. The maximum Gasteiger partial charge on any atom is 0.417 e. The smallest absolute Gasteiger partial charge is 0.417 e. The highest BCUT2D eigenvalue weighted by atomic mass is 16.6. The van der Waals surface area contributed by atoms with Crippen LogP contribution in [0.3, 0.4) is 0 Å². The van der Waals surface area contributed by atoms with Gasteiger partial charge in [0.25, 0.3) is 0 Å². The van der Waals surface area contributed by atoms with E-state index in [-0.39, 0.29) is 12.4 Å². The fourth-order valence-corrected chi connectivity index (χ4v) is 4.53. The Labute approximate surface area is 209 Å². The Morgan fingerprint density at radius 2 is 2.19 bits per heavy atom. The molecule has 1 aliphatic carbocycles. The van der Waals surface area contributed by atoms with E-state index in [9.17, 15) is 9.90 Å². The fourth-order valence-electron chi connectivity index (χ4n) is 4.53. The number of allylic oxidation sites excluding steroid dienone is 4. The lowest BCUT2D eigenvalue weighted by molar-refractivity contribution is 0.0786. The van der Waals surface area contributed by atoms with Crippen LogP contribution in [-0.4, -0.2) is 51.9 Å². The van der Waals surface area contributed by atoms with Gasteiger partial charge >= 0.3 is 6.09 Å². The first kappa shape index (κ1) is 23.9. The molecule has 0 radical (unpaired) electrons. The normalized spacial score (nSPS) is 20.2. The number of aliphatic hydroxyl groups excluding tert-OH is 1. The molecule has 0 bridgehead atoms. The zero-order chi connectivity index (χ0) is 24.9. The van der Waals surface area contributed by atoms with Gasteiger partial charge in [0.15, 0.2) is 12.0 Å². The molecule has 2 aromatic rings. The minimum atomic E-state index is -0.606. The maximum absolute atomic E-state index is 12.5. The van der Waals surface area contributed by atoms with Crippen molar-refractivity contribution in [3.8, 4) is 5.88 Å². The highest BCUT2D eigenvalue weighted by molar-refractivity contribution is 5.78. The van der Waals surface area contributed by atoms with Crippen molar-refractivity contribution in [2.45, 2.75) is 50.7 Å². The molecular formula is C27H29N3O6. The minimum Gasteiger partial charge on any atom is -0.481 e. The monoisotopic (exact) mass is 491 g/mol. The lowest BCUT2D eigenvalue weighted by atomic mass is 10.0. The molecule has 5 rings (SSSR count). The Hall–Kier alpha value is -3.85. The van der Waals surface area contributed by atoms with E-state index in [0.29, 0.717) is 24.5 Å². The first-order valence-corrected chi connectivity index (χ1v) is 12.2. The van der Waals surface area contributed by atoms with E-state index in [1.165, 1.54) is 17.4 Å². The molecule has 1 saturated heterocycles. The molecule has 188 valence electrons. The number of ether oxygens (including phenoxy) is 4. The van der Waals surface area contributed by atoms with E-state index in [2.05, 4.69) is 16.0 Å². The molecule has 2 aliphatic heterocycles. The van der Waals surface area contributed by atoms with Gasteiger partial charge in [0.05, 0.1) is 30.8 Å². The third kappa shape index (κ3) is 5.36. The van der Waals surface area contributed by atoms with Crippen LogP contribution in [0.1, 0.15) is 37.7 Å². The second-order valence-corrected chi connectivity index (χ2v) is 8.92. The molecular weight excluding hydrogens is 462 g/mol. The molecule has 0 unspecified atom stereocenters. The number of amides is 1. The number of aromatic nitrogens is 2. The van der Waals surface area contributed by atoms with E-state index < -0.39 is 18.3 Å². The number of carbonyl (C=O) groups excluding carboxylic acids is 1. The predicted molar refractivity (Wildman–Crippen MR) is 131 cm³/mol. The van der Waals surface area contributed by atoms with Crippen molar-refractivity contribution < 1.29 is 28.8 Å². The van der Waals surface area contributed by atoms with Crippen molar-refractivity contribution in [2.75, 3.05) is 13.7 Å². The van der Waals surface area contributed by atoms with Crippen molar-refractivity contribution in [2.24, 2.45) is 0 Å². The van der Waals surface area contributed by atoms with E-state index in [1.807, 2.05) is 24.3 Å². The molecule has 9 nitrogen and oxygen atoms in total. The van der Waals surface area contributed by atoms with Crippen LogP contribution < -0.4 is 4.74 Å². The molecule has 36 heavy (non-hydrogen) atoms. The van der Waals surface area contributed by atoms with Crippen LogP contribution in [0, 0.1) is 0 Å². The van der Waals surface area contributed by atoms with Crippen molar-refractivity contribution in [1.29, 1.82) is 0 Å². The number of methoxy groups -OCH3 is 1. The van der Waals surface area contributed by atoms with Gasteiger partial charge in [0, 0.05) is 18.7 Å². The van der Waals surface area contributed by atoms with Gasteiger partial charge in [0.1, 0.15) is 12.4 Å². The second kappa shape index (κ2) is 10.8. The third-order valence-electron chi connectivity index (χ3n) is 6.40. The number of aryl methyl sites for hydroxylation is 1. The number of pyridine rings is 2. The van der Waals surface area contributed by atoms with Crippen LogP contribution in [0.2, 0.25) is 0 Å². The molecule has 2 atom stereocenters. The topological polar surface area (TPSA) is 103 Å². The van der Waals surface area contributed by atoms with Crippen LogP contribution in [0.25, 0.3) is 11.0 Å². The Balaban J connectivity index is 1.12. The number of hydrogen-bond acceptors (Lipinski definition) is 8. The van der Waals surface area contributed by atoms with Gasteiger partial charge < -0.3 is 24.1 Å². The Morgan fingerprint density at radius 3 is 3.03 bits per heavy atom. The summed E-state index contributed by atoms with van der Waals surface area (Å²) in [4.78, 5) is 22.8. The Morgan fingerprint density at radius 1 is 1.28 bits per heavy atom. The van der Waals surface area contributed by atoms with Crippen LogP contribution in [0.15, 0.2) is 72.4 Å². The van der Waals surface area contributed by atoms with Gasteiger partial charge in [-0.3, -0.25) is 4.98 Å². The van der Waals surface area contributed by atoms with Gasteiger partial charge in [-0.1, -0.05) is 18.2 Å². The number of aliphatic hydroxyl groups is 1. The van der Waals surface area contributed by atoms with Crippen molar-refractivity contribution >= 4 is 17.1 Å². The largest absolute Gasteiger partial charge is 0.481 e. The third-order valence-corrected chi connectivity index (χ3v) is 6.40. The first-order valence-electron chi connectivity index (χ1n) is 12.2. The maximum atomic E-state index is 12.5.